The van der Waals surface area contributed by atoms with Crippen LogP contribution in [0.3, 0.4) is 0 Å². The minimum Gasteiger partial charge on any atom is -0.325 e. The number of nitrogens with zero attached hydrogens (tertiary/aromatic N) is 1. The molecule has 0 unspecified atom stereocenters. The second kappa shape index (κ2) is 4.01. The fourth-order valence-corrected chi connectivity index (χ4v) is 0.732. The second-order valence-electron chi connectivity index (χ2n) is 1.97. The molecule has 1 rings (SSSR count). The molecule has 1 aromatic rings. The van der Waals surface area contributed by atoms with Crippen molar-refractivity contribution in [2.45, 2.75) is 20.9 Å². The van der Waals surface area contributed by atoms with Crippen LogP contribution in [0.2, 0.25) is 0 Å². The zero-order chi connectivity index (χ0) is 6.69. The van der Waals surface area contributed by atoms with Crippen LogP contribution in [0.4, 0.5) is 0 Å². The number of aryl methyl sites for hydroxylation is 1. The molecular weight excluding hydrogens is 124 g/mol. The summed E-state index contributed by atoms with van der Waals surface area (Å²) in [5.41, 5.74) is 7.54. The highest BCUT2D eigenvalue weighted by atomic mass is 14.7. The molecule has 0 aromatic carbocycles. The molecule has 1 heterocycles. The second-order valence-corrected chi connectivity index (χ2v) is 1.97. The Morgan fingerprint density at radius 1 is 1.60 bits per heavy atom. The summed E-state index contributed by atoms with van der Waals surface area (Å²) in [5, 5.41) is 0. The third-order valence-electron chi connectivity index (χ3n) is 1.31. The number of aromatic nitrogens is 1. The number of hydrogen-bond acceptors (Lipinski definition) is 2. The van der Waals surface area contributed by atoms with Gasteiger partial charge in [-0.2, -0.15) is 0 Å². The smallest absolute Gasteiger partial charge is 0.0568 e. The van der Waals surface area contributed by atoms with Gasteiger partial charge in [0.2, 0.25) is 0 Å². The van der Waals surface area contributed by atoms with Gasteiger partial charge in [-0.15, -0.1) is 0 Å². The molecule has 0 aliphatic carbocycles. The molecule has 0 amide bonds. The van der Waals surface area contributed by atoms with E-state index in [9.17, 15) is 0 Å². The van der Waals surface area contributed by atoms with Crippen LogP contribution in [0, 0.1) is 6.92 Å². The van der Waals surface area contributed by atoms with Gasteiger partial charge in [0.15, 0.2) is 0 Å². The zero-order valence-corrected chi connectivity index (χ0v) is 5.46. The summed E-state index contributed by atoms with van der Waals surface area (Å²) in [5.74, 6) is 0. The Morgan fingerprint density at radius 2 is 2.30 bits per heavy atom. The number of nitrogens with two attached hydrogens (primary N) is 1. The summed E-state index contributed by atoms with van der Waals surface area (Å²) >= 11 is 0. The van der Waals surface area contributed by atoms with Crippen molar-refractivity contribution in [3.63, 3.8) is 0 Å². The Bertz CT molecular complexity index is 196. The van der Waals surface area contributed by atoms with E-state index in [1.54, 1.807) is 6.20 Å². The third-order valence-corrected chi connectivity index (χ3v) is 1.31. The molecular formula is C8H14N2. The third kappa shape index (κ3) is 1.81. The predicted octanol–water partition coefficient (Wildman–Crippen LogP) is 1.48. The van der Waals surface area contributed by atoms with Gasteiger partial charge in [0, 0.05) is 12.7 Å². The van der Waals surface area contributed by atoms with Crippen molar-refractivity contribution < 1.29 is 0 Å². The van der Waals surface area contributed by atoms with E-state index < -0.39 is 0 Å². The van der Waals surface area contributed by atoms with Crippen molar-refractivity contribution in [3.8, 4) is 0 Å². The fraction of sp³-hybridized carbons (Fsp3) is 0.375. The van der Waals surface area contributed by atoms with Gasteiger partial charge < -0.3 is 5.73 Å². The lowest BCUT2D eigenvalue weighted by Crippen LogP contribution is -2.00. The van der Waals surface area contributed by atoms with Gasteiger partial charge in [-0.25, -0.2) is 0 Å². The van der Waals surface area contributed by atoms with Gasteiger partial charge in [-0.05, 0) is 18.6 Å². The maximum absolute atomic E-state index is 5.39. The van der Waals surface area contributed by atoms with Crippen LogP contribution >= 0.6 is 0 Å². The number of pyridine rings is 1. The summed E-state index contributed by atoms with van der Waals surface area (Å²) in [4.78, 5) is 4.07. The van der Waals surface area contributed by atoms with E-state index in [4.69, 9.17) is 5.73 Å². The lowest BCUT2D eigenvalue weighted by molar-refractivity contribution is 0.969. The molecule has 0 aliphatic rings. The average molecular weight is 138 g/mol. The molecule has 0 saturated heterocycles. The van der Waals surface area contributed by atoms with E-state index in [0.717, 1.165) is 5.69 Å². The standard InChI is InChI=1S/C7H10N2.CH4/c1-6-3-2-4-9-7(6)5-8;/h2-4H,5,8H2,1H3;1H4. The molecule has 0 spiro atoms. The molecule has 10 heavy (non-hydrogen) atoms. The van der Waals surface area contributed by atoms with E-state index in [1.165, 1.54) is 5.56 Å². The van der Waals surface area contributed by atoms with E-state index in [1.807, 2.05) is 19.1 Å². The van der Waals surface area contributed by atoms with Gasteiger partial charge in [0.1, 0.15) is 0 Å². The largest absolute Gasteiger partial charge is 0.325 e. The first kappa shape index (κ1) is 9.11. The molecule has 2 nitrogen and oxygen atoms in total. The zero-order valence-electron chi connectivity index (χ0n) is 5.46. The molecule has 1 aromatic heterocycles. The van der Waals surface area contributed by atoms with Gasteiger partial charge in [0.25, 0.3) is 0 Å². The lowest BCUT2D eigenvalue weighted by atomic mass is 10.2. The molecule has 0 radical (unpaired) electrons. The molecule has 56 valence electrons. The minimum atomic E-state index is 0. The van der Waals surface area contributed by atoms with Crippen molar-refractivity contribution in [1.29, 1.82) is 0 Å². The topological polar surface area (TPSA) is 38.9 Å². The monoisotopic (exact) mass is 138 g/mol. The first-order chi connectivity index (χ1) is 4.34. The fourth-order valence-electron chi connectivity index (χ4n) is 0.732. The van der Waals surface area contributed by atoms with Crippen molar-refractivity contribution >= 4 is 0 Å². The number of hydrogen-bond donors (Lipinski definition) is 1. The molecule has 0 atom stereocenters. The minimum absolute atomic E-state index is 0. The van der Waals surface area contributed by atoms with E-state index in [-0.39, 0.29) is 7.43 Å². The Morgan fingerprint density at radius 3 is 2.70 bits per heavy atom. The SMILES string of the molecule is C.Cc1cccnc1CN. The van der Waals surface area contributed by atoms with Gasteiger partial charge in [-0.3, -0.25) is 4.98 Å². The van der Waals surface area contributed by atoms with Gasteiger partial charge in [0.05, 0.1) is 5.69 Å². The molecule has 2 N–H and O–H groups in total. The summed E-state index contributed by atoms with van der Waals surface area (Å²) in [6.45, 7) is 2.54. The van der Waals surface area contributed by atoms with Crippen LogP contribution in [0.25, 0.3) is 0 Å². The van der Waals surface area contributed by atoms with Crippen LogP contribution < -0.4 is 5.73 Å². The maximum atomic E-state index is 5.39. The maximum Gasteiger partial charge on any atom is 0.0568 e. The Balaban J connectivity index is 0.000000810. The van der Waals surface area contributed by atoms with Crippen molar-refractivity contribution in [2.75, 3.05) is 0 Å². The molecule has 2 heteroatoms. The van der Waals surface area contributed by atoms with Crippen LogP contribution in [0.15, 0.2) is 18.3 Å². The molecule has 0 aliphatic heterocycles. The van der Waals surface area contributed by atoms with E-state index >= 15 is 0 Å². The summed E-state index contributed by atoms with van der Waals surface area (Å²) < 4.78 is 0. The molecule has 0 saturated carbocycles. The molecule has 0 bridgehead atoms. The van der Waals surface area contributed by atoms with Crippen molar-refractivity contribution in [3.05, 3.63) is 29.6 Å². The van der Waals surface area contributed by atoms with Crippen LogP contribution in [-0.2, 0) is 6.54 Å². The normalized spacial score (nSPS) is 8.60. The summed E-state index contributed by atoms with van der Waals surface area (Å²) in [7, 11) is 0. The predicted molar refractivity (Wildman–Crippen MR) is 43.6 cm³/mol. The highest BCUT2D eigenvalue weighted by Crippen LogP contribution is 1.99. The van der Waals surface area contributed by atoms with Crippen LogP contribution in [0.1, 0.15) is 18.7 Å². The van der Waals surface area contributed by atoms with Crippen molar-refractivity contribution in [1.82, 2.24) is 4.98 Å². The first-order valence-electron chi connectivity index (χ1n) is 2.95. The Labute approximate surface area is 62.1 Å². The quantitative estimate of drug-likeness (QED) is 0.638. The van der Waals surface area contributed by atoms with Crippen LogP contribution in [0.5, 0.6) is 0 Å². The molecule has 0 fully saturated rings. The highest BCUT2D eigenvalue weighted by molar-refractivity contribution is 5.16. The average Bonchev–Trinajstić information content (AvgIpc) is 1.89. The van der Waals surface area contributed by atoms with Crippen molar-refractivity contribution in [2.24, 2.45) is 5.73 Å². The summed E-state index contributed by atoms with van der Waals surface area (Å²) in [6, 6.07) is 3.92. The number of rotatable bonds is 1. The Kier molecular flexibility index (Phi) is 3.65. The van der Waals surface area contributed by atoms with E-state index in [0.29, 0.717) is 6.54 Å². The Hall–Kier alpha value is -0.890. The lowest BCUT2D eigenvalue weighted by Gasteiger charge is -1.97. The van der Waals surface area contributed by atoms with Gasteiger partial charge in [-0.1, -0.05) is 13.5 Å². The highest BCUT2D eigenvalue weighted by Gasteiger charge is 1.91. The van der Waals surface area contributed by atoms with E-state index in [2.05, 4.69) is 4.98 Å². The first-order valence-corrected chi connectivity index (χ1v) is 2.95. The van der Waals surface area contributed by atoms with Crippen LogP contribution in [-0.4, -0.2) is 4.98 Å². The summed E-state index contributed by atoms with van der Waals surface area (Å²) in [6.07, 6.45) is 1.76. The van der Waals surface area contributed by atoms with Gasteiger partial charge >= 0.3 is 0 Å².